The van der Waals surface area contributed by atoms with Crippen molar-refractivity contribution in [2.24, 2.45) is 7.05 Å². The van der Waals surface area contributed by atoms with Crippen LogP contribution in [0.25, 0.3) is 28.0 Å². The number of amides is 1. The van der Waals surface area contributed by atoms with Gasteiger partial charge in [-0.3, -0.25) is 18.9 Å². The summed E-state index contributed by atoms with van der Waals surface area (Å²) in [4.78, 5) is 19.6. The molecule has 1 amide bonds. The summed E-state index contributed by atoms with van der Waals surface area (Å²) in [6.07, 6.45) is 8.03. The van der Waals surface area contributed by atoms with Gasteiger partial charge in [-0.2, -0.15) is 10.2 Å². The van der Waals surface area contributed by atoms with Gasteiger partial charge in [0.1, 0.15) is 5.60 Å². The summed E-state index contributed by atoms with van der Waals surface area (Å²) in [5, 5.41) is 10.6. The molecule has 0 N–H and O–H groups in total. The fourth-order valence-corrected chi connectivity index (χ4v) is 5.56. The first-order valence-electron chi connectivity index (χ1n) is 13.3. The molecule has 0 atom stereocenters. The summed E-state index contributed by atoms with van der Waals surface area (Å²) < 4.78 is 17.5. The smallest absolute Gasteiger partial charge is 0.410 e. The molecule has 4 aromatic heterocycles. The highest BCUT2D eigenvalue weighted by Crippen LogP contribution is 2.35. The maximum Gasteiger partial charge on any atom is 0.410 e. The Kier molecular flexibility index (Phi) is 6.02. The van der Waals surface area contributed by atoms with Gasteiger partial charge >= 0.3 is 6.09 Å². The molecule has 10 nitrogen and oxygen atoms in total. The first-order chi connectivity index (χ1) is 18.2. The third-order valence-corrected chi connectivity index (χ3v) is 7.34. The molecule has 6 rings (SSSR count). The van der Waals surface area contributed by atoms with Gasteiger partial charge in [-0.15, -0.1) is 0 Å². The Morgan fingerprint density at radius 1 is 1.16 bits per heavy atom. The van der Waals surface area contributed by atoms with E-state index >= 15 is 0 Å². The number of ether oxygens (including phenoxy) is 2. The van der Waals surface area contributed by atoms with E-state index in [1.54, 1.807) is 9.58 Å². The van der Waals surface area contributed by atoms with Gasteiger partial charge in [0.25, 0.3) is 0 Å². The van der Waals surface area contributed by atoms with Gasteiger partial charge in [-0.05, 0) is 52.7 Å². The number of hydrogen-bond acceptors (Lipinski definition) is 6. The van der Waals surface area contributed by atoms with Crippen molar-refractivity contribution in [3.05, 3.63) is 47.7 Å². The van der Waals surface area contributed by atoms with Crippen LogP contribution in [-0.2, 0) is 29.5 Å². The molecule has 10 heteroatoms. The summed E-state index contributed by atoms with van der Waals surface area (Å²) >= 11 is 0. The van der Waals surface area contributed by atoms with Crippen molar-refractivity contribution in [1.29, 1.82) is 0 Å². The van der Waals surface area contributed by atoms with Gasteiger partial charge in [-0.1, -0.05) is 0 Å². The number of pyridine rings is 1. The Balaban J connectivity index is 1.44. The van der Waals surface area contributed by atoms with Crippen molar-refractivity contribution in [2.45, 2.75) is 65.1 Å². The molecule has 0 saturated carbocycles. The van der Waals surface area contributed by atoms with E-state index in [0.717, 1.165) is 71.7 Å². The Labute approximate surface area is 222 Å². The van der Waals surface area contributed by atoms with Gasteiger partial charge in [0.05, 0.1) is 36.2 Å². The van der Waals surface area contributed by atoms with Crippen LogP contribution in [0.2, 0.25) is 0 Å². The molecular weight excluding hydrogens is 482 g/mol. The number of aryl methyl sites for hydroxylation is 2. The van der Waals surface area contributed by atoms with E-state index in [0.29, 0.717) is 13.1 Å². The molecule has 6 heterocycles. The number of aromatic nitrogens is 6. The third-order valence-electron chi connectivity index (χ3n) is 7.34. The number of fused-ring (bicyclic) bond motifs is 2. The van der Waals surface area contributed by atoms with Crippen LogP contribution in [0.4, 0.5) is 4.79 Å². The molecule has 0 bridgehead atoms. The van der Waals surface area contributed by atoms with Gasteiger partial charge in [0.2, 0.25) is 0 Å². The van der Waals surface area contributed by atoms with Gasteiger partial charge < -0.3 is 14.4 Å². The number of carbonyl (C=O) groups is 1. The lowest BCUT2D eigenvalue weighted by Gasteiger charge is -2.31. The van der Waals surface area contributed by atoms with Crippen LogP contribution in [-0.4, -0.2) is 65.5 Å². The lowest BCUT2D eigenvalue weighted by molar-refractivity contribution is 0.0220. The molecule has 0 aliphatic carbocycles. The van der Waals surface area contributed by atoms with Gasteiger partial charge in [0, 0.05) is 67.3 Å². The Morgan fingerprint density at radius 3 is 2.66 bits per heavy atom. The molecule has 38 heavy (non-hydrogen) atoms. The maximum absolute atomic E-state index is 13.0. The van der Waals surface area contributed by atoms with E-state index in [1.807, 2.05) is 46.4 Å². The van der Waals surface area contributed by atoms with Crippen molar-refractivity contribution >= 4 is 17.0 Å². The highest BCUT2D eigenvalue weighted by atomic mass is 16.6. The highest BCUT2D eigenvalue weighted by Gasteiger charge is 2.33. The monoisotopic (exact) mass is 517 g/mol. The SMILES string of the molecule is Cc1cc2cc(-c3cnn(C)c3)ncc2n1-c1nn(C2CCOCC2)c2c1CN(C(=O)OC(C)(C)C)CC2. The molecule has 200 valence electrons. The van der Waals surface area contributed by atoms with Crippen molar-refractivity contribution in [1.82, 2.24) is 34.0 Å². The largest absolute Gasteiger partial charge is 0.444 e. The van der Waals surface area contributed by atoms with Crippen LogP contribution >= 0.6 is 0 Å². The van der Waals surface area contributed by atoms with Crippen LogP contribution in [0.3, 0.4) is 0 Å². The zero-order valence-electron chi connectivity index (χ0n) is 22.8. The highest BCUT2D eigenvalue weighted by molar-refractivity contribution is 5.86. The lowest BCUT2D eigenvalue weighted by Crippen LogP contribution is -2.40. The molecular formula is C28H35N7O3. The van der Waals surface area contributed by atoms with Crippen molar-refractivity contribution in [2.75, 3.05) is 19.8 Å². The summed E-state index contributed by atoms with van der Waals surface area (Å²) in [5.74, 6) is 0.864. The number of rotatable bonds is 3. The summed E-state index contributed by atoms with van der Waals surface area (Å²) in [6, 6.07) is 4.56. The molecule has 2 aliphatic heterocycles. The molecule has 0 spiro atoms. The molecule has 0 radical (unpaired) electrons. The summed E-state index contributed by atoms with van der Waals surface area (Å²) in [6.45, 7) is 10.3. The number of hydrogen-bond donors (Lipinski definition) is 0. The zero-order valence-corrected chi connectivity index (χ0v) is 22.8. The number of carbonyl (C=O) groups excluding carboxylic acids is 1. The maximum atomic E-state index is 13.0. The third kappa shape index (κ3) is 4.47. The van der Waals surface area contributed by atoms with E-state index in [1.165, 1.54) is 5.69 Å². The predicted octanol–water partition coefficient (Wildman–Crippen LogP) is 4.58. The number of nitrogens with zero attached hydrogens (tertiary/aromatic N) is 7. The van der Waals surface area contributed by atoms with Crippen molar-refractivity contribution in [3.63, 3.8) is 0 Å². The molecule has 0 unspecified atom stereocenters. The van der Waals surface area contributed by atoms with E-state index in [-0.39, 0.29) is 12.1 Å². The van der Waals surface area contributed by atoms with Crippen LogP contribution in [0, 0.1) is 6.92 Å². The minimum absolute atomic E-state index is 0.287. The van der Waals surface area contributed by atoms with Crippen LogP contribution in [0.5, 0.6) is 0 Å². The summed E-state index contributed by atoms with van der Waals surface area (Å²) in [7, 11) is 1.90. The predicted molar refractivity (Wildman–Crippen MR) is 143 cm³/mol. The van der Waals surface area contributed by atoms with Crippen LogP contribution in [0.15, 0.2) is 30.7 Å². The fraction of sp³-hybridized carbons (Fsp3) is 0.500. The van der Waals surface area contributed by atoms with E-state index in [9.17, 15) is 4.79 Å². The first-order valence-corrected chi connectivity index (χ1v) is 13.3. The average molecular weight is 518 g/mol. The molecule has 1 fully saturated rings. The first kappa shape index (κ1) is 24.7. The summed E-state index contributed by atoms with van der Waals surface area (Å²) in [5.41, 5.74) is 5.65. The minimum Gasteiger partial charge on any atom is -0.444 e. The topological polar surface area (TPSA) is 92.2 Å². The Bertz CT molecular complexity index is 1500. The molecule has 1 saturated heterocycles. The van der Waals surface area contributed by atoms with Crippen LogP contribution < -0.4 is 0 Å². The minimum atomic E-state index is -0.544. The lowest BCUT2D eigenvalue weighted by atomic mass is 10.0. The average Bonchev–Trinajstić information content (AvgIpc) is 3.57. The molecule has 0 aromatic carbocycles. The molecule has 2 aliphatic rings. The second-order valence-corrected chi connectivity index (χ2v) is 11.3. The van der Waals surface area contributed by atoms with E-state index < -0.39 is 5.60 Å². The fourth-order valence-electron chi connectivity index (χ4n) is 5.56. The standard InChI is InChI=1S/C28H35N7O3/c1-18-12-19-13-23(20-14-30-32(5)16-20)29-15-25(19)34(18)26-22-17-33(27(36)38-28(2,3)4)9-6-24(22)35(31-26)21-7-10-37-11-8-21/h12-16,21H,6-11,17H2,1-5H3. The zero-order chi connectivity index (χ0) is 26.6. The quantitative estimate of drug-likeness (QED) is 0.395. The van der Waals surface area contributed by atoms with Crippen molar-refractivity contribution < 1.29 is 14.3 Å². The second-order valence-electron chi connectivity index (χ2n) is 11.3. The van der Waals surface area contributed by atoms with E-state index in [4.69, 9.17) is 19.6 Å². The van der Waals surface area contributed by atoms with Gasteiger partial charge in [-0.25, -0.2) is 4.79 Å². The Morgan fingerprint density at radius 2 is 1.95 bits per heavy atom. The van der Waals surface area contributed by atoms with Crippen molar-refractivity contribution in [3.8, 4) is 17.1 Å². The second kappa shape index (κ2) is 9.27. The van der Waals surface area contributed by atoms with E-state index in [2.05, 4.69) is 33.4 Å². The normalized spacial score (nSPS) is 16.7. The Hall–Kier alpha value is -3.66. The van der Waals surface area contributed by atoms with Gasteiger partial charge in [0.15, 0.2) is 5.82 Å². The van der Waals surface area contributed by atoms with Crippen LogP contribution in [0.1, 0.15) is 56.6 Å². The molecule has 4 aromatic rings.